The van der Waals surface area contributed by atoms with E-state index < -0.39 is 0 Å². The Kier molecular flexibility index (Phi) is 4.88. The molecule has 0 saturated carbocycles. The van der Waals surface area contributed by atoms with Gasteiger partial charge in [0.25, 0.3) is 0 Å². The second-order valence-electron chi connectivity index (χ2n) is 5.42. The Hall–Kier alpha value is -2.82. The van der Waals surface area contributed by atoms with Gasteiger partial charge in [-0.25, -0.2) is 4.98 Å². The van der Waals surface area contributed by atoms with E-state index >= 15 is 0 Å². The van der Waals surface area contributed by atoms with Crippen LogP contribution in [-0.2, 0) is 0 Å². The molecule has 0 spiro atoms. The van der Waals surface area contributed by atoms with E-state index in [0.717, 1.165) is 44.1 Å². The van der Waals surface area contributed by atoms with Gasteiger partial charge in [0.05, 0.1) is 12.1 Å². The van der Waals surface area contributed by atoms with Gasteiger partial charge < -0.3 is 4.90 Å². The summed E-state index contributed by atoms with van der Waals surface area (Å²) in [6, 6.07) is 15.9. The molecule has 1 aromatic carbocycles. The van der Waals surface area contributed by atoms with Crippen LogP contribution in [0.25, 0.3) is 0 Å². The summed E-state index contributed by atoms with van der Waals surface area (Å²) in [5.74, 6) is 7.23. The summed E-state index contributed by atoms with van der Waals surface area (Å²) in [6.07, 6.45) is 1.74. The number of hydrogen-bond donors (Lipinski definition) is 0. The minimum absolute atomic E-state index is 0.643. The number of nitriles is 1. The monoisotopic (exact) mass is 302 g/mol. The van der Waals surface area contributed by atoms with E-state index in [1.165, 1.54) is 0 Å². The molecule has 0 bridgehead atoms. The molecule has 1 fully saturated rings. The maximum atomic E-state index is 9.18. The Morgan fingerprint density at radius 3 is 2.52 bits per heavy atom. The number of benzene rings is 1. The fourth-order valence-corrected chi connectivity index (χ4v) is 2.63. The minimum Gasteiger partial charge on any atom is -0.353 e. The highest BCUT2D eigenvalue weighted by molar-refractivity contribution is 5.53. The summed E-state index contributed by atoms with van der Waals surface area (Å²) in [5, 5.41) is 9.18. The summed E-state index contributed by atoms with van der Waals surface area (Å²) in [5.41, 5.74) is 1.70. The van der Waals surface area contributed by atoms with Gasteiger partial charge in [-0.05, 0) is 24.3 Å². The highest BCUT2D eigenvalue weighted by Gasteiger charge is 2.19. The Bertz CT molecular complexity index is 744. The first-order valence-electron chi connectivity index (χ1n) is 7.73. The highest BCUT2D eigenvalue weighted by atomic mass is 15.3. The largest absolute Gasteiger partial charge is 0.353 e. The normalized spacial score (nSPS) is 14.7. The van der Waals surface area contributed by atoms with Crippen LogP contribution in [0.1, 0.15) is 11.1 Å². The van der Waals surface area contributed by atoms with E-state index in [0.29, 0.717) is 5.56 Å². The molecule has 2 heterocycles. The predicted octanol–water partition coefficient (Wildman–Crippen LogP) is 2.13. The number of pyridine rings is 1. The van der Waals surface area contributed by atoms with Gasteiger partial charge in [-0.1, -0.05) is 30.0 Å². The first kappa shape index (κ1) is 15.1. The third-order valence-corrected chi connectivity index (χ3v) is 3.89. The second-order valence-corrected chi connectivity index (χ2v) is 5.42. The summed E-state index contributed by atoms with van der Waals surface area (Å²) in [7, 11) is 0. The zero-order chi connectivity index (χ0) is 15.9. The van der Waals surface area contributed by atoms with Crippen LogP contribution in [0.4, 0.5) is 5.82 Å². The third kappa shape index (κ3) is 3.88. The number of aromatic nitrogens is 1. The van der Waals surface area contributed by atoms with Crippen molar-refractivity contribution in [2.45, 2.75) is 0 Å². The summed E-state index contributed by atoms with van der Waals surface area (Å²) < 4.78 is 0. The lowest BCUT2D eigenvalue weighted by Gasteiger charge is -2.34. The molecule has 0 amide bonds. The van der Waals surface area contributed by atoms with Gasteiger partial charge in [-0.15, -0.1) is 0 Å². The molecule has 1 aliphatic rings. The van der Waals surface area contributed by atoms with Gasteiger partial charge >= 0.3 is 0 Å². The first-order valence-corrected chi connectivity index (χ1v) is 7.73. The number of piperazine rings is 1. The van der Waals surface area contributed by atoms with Crippen molar-refractivity contribution in [3.05, 3.63) is 59.8 Å². The van der Waals surface area contributed by atoms with Crippen LogP contribution in [0, 0.1) is 23.2 Å². The molecule has 0 unspecified atom stereocenters. The Morgan fingerprint density at radius 2 is 1.78 bits per heavy atom. The number of rotatable bonds is 2. The van der Waals surface area contributed by atoms with Crippen LogP contribution in [0.15, 0.2) is 48.7 Å². The molecule has 114 valence electrons. The second kappa shape index (κ2) is 7.45. The summed E-state index contributed by atoms with van der Waals surface area (Å²) in [4.78, 5) is 8.87. The molecule has 0 N–H and O–H groups in total. The zero-order valence-electron chi connectivity index (χ0n) is 12.9. The Balaban J connectivity index is 1.55. The van der Waals surface area contributed by atoms with E-state index in [1.807, 2.05) is 36.4 Å². The molecule has 0 radical (unpaired) electrons. The van der Waals surface area contributed by atoms with Crippen LogP contribution in [-0.4, -0.2) is 42.6 Å². The average molecular weight is 302 g/mol. The van der Waals surface area contributed by atoms with Crippen LogP contribution >= 0.6 is 0 Å². The smallest absolute Gasteiger partial charge is 0.146 e. The SMILES string of the molecule is N#Cc1cccnc1N1CCN(CC#Cc2ccccc2)CC1. The molecule has 23 heavy (non-hydrogen) atoms. The summed E-state index contributed by atoms with van der Waals surface area (Å²) in [6.45, 7) is 4.39. The van der Waals surface area contributed by atoms with E-state index in [9.17, 15) is 5.26 Å². The average Bonchev–Trinajstić information content (AvgIpc) is 2.63. The number of hydrogen-bond acceptors (Lipinski definition) is 4. The van der Waals surface area contributed by atoms with Crippen molar-refractivity contribution in [3.63, 3.8) is 0 Å². The molecular formula is C19H18N4. The molecule has 1 aromatic heterocycles. The van der Waals surface area contributed by atoms with Crippen LogP contribution in [0.5, 0.6) is 0 Å². The lowest BCUT2D eigenvalue weighted by molar-refractivity contribution is 0.287. The van der Waals surface area contributed by atoms with Gasteiger partial charge in [0.15, 0.2) is 0 Å². The van der Waals surface area contributed by atoms with Gasteiger partial charge in [-0.3, -0.25) is 4.90 Å². The van der Waals surface area contributed by atoms with Crippen molar-refractivity contribution in [1.82, 2.24) is 9.88 Å². The van der Waals surface area contributed by atoms with E-state index in [-0.39, 0.29) is 0 Å². The molecule has 4 heteroatoms. The third-order valence-electron chi connectivity index (χ3n) is 3.89. The van der Waals surface area contributed by atoms with Gasteiger partial charge in [-0.2, -0.15) is 5.26 Å². The minimum atomic E-state index is 0.643. The molecule has 2 aromatic rings. The van der Waals surface area contributed by atoms with Crippen molar-refractivity contribution in [2.24, 2.45) is 0 Å². The van der Waals surface area contributed by atoms with E-state index in [1.54, 1.807) is 12.3 Å². The maximum absolute atomic E-state index is 9.18. The number of nitrogens with zero attached hydrogens (tertiary/aromatic N) is 4. The van der Waals surface area contributed by atoms with E-state index in [4.69, 9.17) is 0 Å². The predicted molar refractivity (Wildman–Crippen MR) is 90.9 cm³/mol. The van der Waals surface area contributed by atoms with Crippen molar-refractivity contribution < 1.29 is 0 Å². The Labute approximate surface area is 137 Å². The molecule has 1 saturated heterocycles. The molecule has 1 aliphatic heterocycles. The lowest BCUT2D eigenvalue weighted by atomic mass is 10.2. The van der Waals surface area contributed by atoms with Crippen LogP contribution < -0.4 is 4.90 Å². The lowest BCUT2D eigenvalue weighted by Crippen LogP contribution is -2.47. The van der Waals surface area contributed by atoms with Gasteiger partial charge in [0, 0.05) is 37.9 Å². The molecular weight excluding hydrogens is 284 g/mol. The fourth-order valence-electron chi connectivity index (χ4n) is 2.63. The fraction of sp³-hybridized carbons (Fsp3) is 0.263. The highest BCUT2D eigenvalue weighted by Crippen LogP contribution is 2.17. The van der Waals surface area contributed by atoms with Crippen molar-refractivity contribution in [2.75, 3.05) is 37.6 Å². The standard InChI is InChI=1S/C19H18N4/c20-16-18-9-4-10-21-19(18)23-14-12-22(13-15-23)11-5-8-17-6-2-1-3-7-17/h1-4,6-7,9-10H,11-15H2. The quantitative estimate of drug-likeness (QED) is 0.797. The molecule has 0 aliphatic carbocycles. The van der Waals surface area contributed by atoms with E-state index in [2.05, 4.69) is 32.7 Å². The molecule has 4 nitrogen and oxygen atoms in total. The maximum Gasteiger partial charge on any atom is 0.146 e. The van der Waals surface area contributed by atoms with Crippen molar-refractivity contribution in [1.29, 1.82) is 5.26 Å². The van der Waals surface area contributed by atoms with Crippen molar-refractivity contribution >= 4 is 5.82 Å². The van der Waals surface area contributed by atoms with Gasteiger partial charge in [0.2, 0.25) is 0 Å². The topological polar surface area (TPSA) is 43.2 Å². The number of anilines is 1. The zero-order valence-corrected chi connectivity index (χ0v) is 12.9. The van der Waals surface area contributed by atoms with Crippen molar-refractivity contribution in [3.8, 4) is 17.9 Å². The molecule has 3 rings (SSSR count). The Morgan fingerprint density at radius 1 is 1.00 bits per heavy atom. The van der Waals surface area contributed by atoms with Crippen LogP contribution in [0.3, 0.4) is 0 Å². The van der Waals surface area contributed by atoms with Gasteiger partial charge in [0.1, 0.15) is 11.9 Å². The summed E-state index contributed by atoms with van der Waals surface area (Å²) >= 11 is 0. The molecule has 0 atom stereocenters. The van der Waals surface area contributed by atoms with Crippen LogP contribution in [0.2, 0.25) is 0 Å². The first-order chi connectivity index (χ1) is 11.4.